The van der Waals surface area contributed by atoms with Gasteiger partial charge in [-0.2, -0.15) is 0 Å². The van der Waals surface area contributed by atoms with Gasteiger partial charge in [0.2, 0.25) is 0 Å². The van der Waals surface area contributed by atoms with Crippen molar-refractivity contribution in [3.05, 3.63) is 0 Å². The molecule has 0 bridgehead atoms. The van der Waals surface area contributed by atoms with Crippen LogP contribution in [0.25, 0.3) is 0 Å². The molecule has 104 valence electrons. The van der Waals surface area contributed by atoms with Crippen molar-refractivity contribution in [3.8, 4) is 0 Å². The van der Waals surface area contributed by atoms with Crippen LogP contribution >= 0.6 is 0 Å². The van der Waals surface area contributed by atoms with Crippen LogP contribution in [0.2, 0.25) is 0 Å². The molecule has 0 aromatic rings. The molecule has 0 aromatic heterocycles. The van der Waals surface area contributed by atoms with Crippen LogP contribution in [0.5, 0.6) is 0 Å². The van der Waals surface area contributed by atoms with Crippen molar-refractivity contribution in [1.82, 2.24) is 0 Å². The normalized spacial score (nSPS) is 46.9. The molecule has 0 amide bonds. The van der Waals surface area contributed by atoms with Crippen molar-refractivity contribution < 1.29 is 80.2 Å². The van der Waals surface area contributed by atoms with Gasteiger partial charge in [-0.3, -0.25) is 0 Å². The average molecular weight is 298 g/mol. The predicted molar refractivity (Wildman–Crippen MR) is 57.4 cm³/mol. The maximum atomic E-state index is 12.3. The fraction of sp³-hybridized carbons (Fsp3) is 1.00. The number of hydrogen-bond acceptors (Lipinski definition) is 6. The van der Waals surface area contributed by atoms with Gasteiger partial charge in [0.15, 0.2) is 17.9 Å². The van der Waals surface area contributed by atoms with Gasteiger partial charge in [0.1, 0.15) is 12.2 Å². The van der Waals surface area contributed by atoms with E-state index in [0.717, 1.165) is 0 Å². The monoisotopic (exact) mass is 298 g/mol. The van der Waals surface area contributed by atoms with Crippen LogP contribution in [0.1, 0.15) is 27.7 Å². The molecule has 0 saturated carbocycles. The van der Waals surface area contributed by atoms with E-state index in [1.165, 1.54) is 0 Å². The van der Waals surface area contributed by atoms with Crippen LogP contribution in [-0.2, 0) is 23.7 Å². The van der Waals surface area contributed by atoms with E-state index in [1.807, 2.05) is 13.8 Å². The summed E-state index contributed by atoms with van der Waals surface area (Å²) in [5.74, 6) is -1.41. The molecule has 5 atom stereocenters. The minimum atomic E-state index is -1.01. The van der Waals surface area contributed by atoms with Gasteiger partial charge < -0.3 is 28.8 Å². The van der Waals surface area contributed by atoms with Gasteiger partial charge in [0, 0.05) is 0 Å². The Morgan fingerprint density at radius 3 is 2.16 bits per heavy atom. The van der Waals surface area contributed by atoms with Gasteiger partial charge >= 0.3 is 51.4 Å². The van der Waals surface area contributed by atoms with Crippen molar-refractivity contribution in [2.75, 3.05) is 6.61 Å². The molecular weight excluding hydrogens is 279 g/mol. The standard InChI is InChI=1S/C12H19O6.K/c1-11(2)14-5-6(16-11)8-7(13)9-10(15-8)18-12(3,4)17-9;/h6-10H,5H2,1-4H3;/q-1;+1/t6-,7+,8-,9-,10-;/m1./s1. The first-order valence-electron chi connectivity index (χ1n) is 6.26. The van der Waals surface area contributed by atoms with E-state index in [9.17, 15) is 5.11 Å². The van der Waals surface area contributed by atoms with Crippen LogP contribution in [0.4, 0.5) is 0 Å². The summed E-state index contributed by atoms with van der Waals surface area (Å²) in [5, 5.41) is 12.3. The van der Waals surface area contributed by atoms with Crippen molar-refractivity contribution in [1.29, 1.82) is 0 Å². The summed E-state index contributed by atoms with van der Waals surface area (Å²) in [4.78, 5) is 0. The quantitative estimate of drug-likeness (QED) is 0.474. The molecule has 19 heavy (non-hydrogen) atoms. The zero-order valence-corrected chi connectivity index (χ0v) is 15.2. The van der Waals surface area contributed by atoms with Gasteiger partial charge in [0.05, 0.1) is 12.7 Å². The predicted octanol–water partition coefficient (Wildman–Crippen LogP) is -3.25. The Balaban J connectivity index is 0.00000133. The second kappa shape index (κ2) is 5.55. The first kappa shape index (κ1) is 16.8. The van der Waals surface area contributed by atoms with Gasteiger partial charge in [-0.15, -0.1) is 0 Å². The van der Waals surface area contributed by atoms with E-state index in [4.69, 9.17) is 23.7 Å². The first-order valence-corrected chi connectivity index (χ1v) is 6.26. The van der Waals surface area contributed by atoms with E-state index in [1.54, 1.807) is 13.8 Å². The van der Waals surface area contributed by atoms with Crippen LogP contribution in [-0.4, -0.2) is 48.9 Å². The summed E-state index contributed by atoms with van der Waals surface area (Å²) in [6.07, 6.45) is -3.13. The first-order chi connectivity index (χ1) is 8.27. The molecule has 6 nitrogen and oxygen atoms in total. The molecule has 0 aromatic carbocycles. The molecule has 3 rings (SSSR count). The maximum absolute atomic E-state index is 12.3. The molecule has 0 unspecified atom stereocenters. The van der Waals surface area contributed by atoms with Crippen molar-refractivity contribution in [2.45, 2.75) is 70.0 Å². The van der Waals surface area contributed by atoms with E-state index in [2.05, 4.69) is 0 Å². The van der Waals surface area contributed by atoms with E-state index in [0.29, 0.717) is 6.61 Å². The smallest absolute Gasteiger partial charge is 0.848 e. The Bertz CT molecular complexity index is 347. The maximum Gasteiger partial charge on any atom is 1.00 e. The third-order valence-corrected chi connectivity index (χ3v) is 3.42. The molecule has 0 aliphatic carbocycles. The zero-order valence-electron chi connectivity index (χ0n) is 12.0. The summed E-state index contributed by atoms with van der Waals surface area (Å²) in [6.45, 7) is 7.54. The van der Waals surface area contributed by atoms with Crippen LogP contribution in [0, 0.1) is 0 Å². The zero-order chi connectivity index (χ0) is 13.1. The molecule has 0 radical (unpaired) electrons. The minimum absolute atomic E-state index is 0. The molecule has 3 saturated heterocycles. The molecule has 0 N–H and O–H groups in total. The topological polar surface area (TPSA) is 69.2 Å². The van der Waals surface area contributed by atoms with E-state index < -0.39 is 36.2 Å². The fourth-order valence-electron chi connectivity index (χ4n) is 2.68. The second-order valence-corrected chi connectivity index (χ2v) is 5.90. The van der Waals surface area contributed by atoms with Gasteiger partial charge in [-0.1, -0.05) is 6.10 Å². The van der Waals surface area contributed by atoms with E-state index in [-0.39, 0.29) is 57.5 Å². The van der Waals surface area contributed by atoms with Crippen LogP contribution in [0.3, 0.4) is 0 Å². The summed E-state index contributed by atoms with van der Waals surface area (Å²) >= 11 is 0. The molecule has 3 fully saturated rings. The fourth-order valence-corrected chi connectivity index (χ4v) is 2.68. The molecule has 0 spiro atoms. The van der Waals surface area contributed by atoms with Crippen molar-refractivity contribution >= 4 is 0 Å². The molecule has 3 heterocycles. The average Bonchev–Trinajstić information content (AvgIpc) is 2.81. The minimum Gasteiger partial charge on any atom is -0.848 e. The summed E-state index contributed by atoms with van der Waals surface area (Å²) in [7, 11) is 0. The second-order valence-electron chi connectivity index (χ2n) is 5.90. The van der Waals surface area contributed by atoms with E-state index >= 15 is 0 Å². The Kier molecular flexibility index (Phi) is 4.89. The third kappa shape index (κ3) is 3.27. The Morgan fingerprint density at radius 1 is 0.947 bits per heavy atom. The van der Waals surface area contributed by atoms with Crippen LogP contribution in [0.15, 0.2) is 0 Å². The largest absolute Gasteiger partial charge is 1.00 e. The molecular formula is C12H19KO6. The number of hydrogen-bond donors (Lipinski definition) is 0. The Labute approximate surface area is 155 Å². The summed E-state index contributed by atoms with van der Waals surface area (Å²) in [5.41, 5.74) is 0. The van der Waals surface area contributed by atoms with Gasteiger partial charge in [-0.25, -0.2) is 0 Å². The molecule has 3 aliphatic heterocycles. The van der Waals surface area contributed by atoms with Crippen LogP contribution < -0.4 is 56.5 Å². The molecule has 7 heteroatoms. The van der Waals surface area contributed by atoms with Crippen molar-refractivity contribution in [2.24, 2.45) is 0 Å². The molecule has 3 aliphatic rings. The third-order valence-electron chi connectivity index (χ3n) is 3.42. The van der Waals surface area contributed by atoms with Crippen molar-refractivity contribution in [3.63, 3.8) is 0 Å². The van der Waals surface area contributed by atoms with Gasteiger partial charge in [-0.05, 0) is 27.7 Å². The SMILES string of the molecule is CC1(C)O[C@H]2O[C@H]([C@H]3COC(C)(C)O3)[C@H]([O-])[C@H]2O1.[K+]. The van der Waals surface area contributed by atoms with Gasteiger partial charge in [0.25, 0.3) is 0 Å². The Hall–Kier alpha value is 1.40. The number of fused-ring (bicyclic) bond motifs is 1. The summed E-state index contributed by atoms with van der Waals surface area (Å²) < 4.78 is 27.9. The Morgan fingerprint density at radius 2 is 1.63 bits per heavy atom. The number of ether oxygens (including phenoxy) is 5. The number of rotatable bonds is 1. The summed E-state index contributed by atoms with van der Waals surface area (Å²) in [6, 6.07) is 0.